The highest BCUT2D eigenvalue weighted by atomic mass is 16.5. The zero-order chi connectivity index (χ0) is 17.8. The molecule has 1 unspecified atom stereocenters. The maximum absolute atomic E-state index is 12.5. The van der Waals surface area contributed by atoms with Crippen molar-refractivity contribution in [3.63, 3.8) is 0 Å². The number of hydrogen-bond donors (Lipinski definition) is 2. The Morgan fingerprint density at radius 1 is 1.20 bits per heavy atom. The van der Waals surface area contributed by atoms with E-state index in [9.17, 15) is 9.90 Å². The van der Waals surface area contributed by atoms with E-state index in [1.165, 1.54) is 0 Å². The normalized spacial score (nSPS) is 20.4. The number of aliphatic hydroxyl groups excluding tert-OH is 1. The molecule has 0 aromatic heterocycles. The van der Waals surface area contributed by atoms with Gasteiger partial charge in [0.05, 0.1) is 13.2 Å². The molecule has 0 spiro atoms. The minimum absolute atomic E-state index is 0.0505. The quantitative estimate of drug-likeness (QED) is 0.845. The molecule has 4 nitrogen and oxygen atoms in total. The van der Waals surface area contributed by atoms with E-state index in [1.54, 1.807) is 7.11 Å². The molecule has 132 valence electrons. The van der Waals surface area contributed by atoms with Crippen LogP contribution in [-0.2, 0) is 0 Å². The van der Waals surface area contributed by atoms with Gasteiger partial charge in [-0.3, -0.25) is 4.79 Å². The third-order valence-electron chi connectivity index (χ3n) is 5.03. The van der Waals surface area contributed by atoms with Crippen LogP contribution in [0.15, 0.2) is 48.5 Å². The van der Waals surface area contributed by atoms with Crippen molar-refractivity contribution in [1.82, 2.24) is 5.32 Å². The van der Waals surface area contributed by atoms with Gasteiger partial charge in [-0.2, -0.15) is 0 Å². The molecule has 1 amide bonds. The molecule has 2 N–H and O–H groups in total. The van der Waals surface area contributed by atoms with E-state index in [1.807, 2.05) is 48.5 Å². The lowest BCUT2D eigenvalue weighted by molar-refractivity contribution is 0.0232. The van der Waals surface area contributed by atoms with Crippen molar-refractivity contribution < 1.29 is 14.6 Å². The van der Waals surface area contributed by atoms with E-state index < -0.39 is 0 Å². The van der Waals surface area contributed by atoms with E-state index in [0.717, 1.165) is 36.1 Å². The molecule has 4 heteroatoms. The van der Waals surface area contributed by atoms with Crippen LogP contribution in [0.2, 0.25) is 0 Å². The van der Waals surface area contributed by atoms with Crippen molar-refractivity contribution in [3.8, 4) is 16.9 Å². The van der Waals surface area contributed by atoms with E-state index >= 15 is 0 Å². The lowest BCUT2D eigenvalue weighted by Crippen LogP contribution is -2.46. The van der Waals surface area contributed by atoms with Crippen molar-refractivity contribution in [2.75, 3.05) is 7.11 Å². The maximum Gasteiger partial charge on any atom is 0.251 e. The average molecular weight is 339 g/mol. The third kappa shape index (κ3) is 4.02. The molecule has 2 aromatic rings. The lowest BCUT2D eigenvalue weighted by Gasteiger charge is -2.37. The topological polar surface area (TPSA) is 58.6 Å². The molecular formula is C21H25NO3. The molecule has 0 heterocycles. The fraction of sp³-hybridized carbons (Fsp3) is 0.381. The smallest absolute Gasteiger partial charge is 0.251 e. The average Bonchev–Trinajstić information content (AvgIpc) is 2.64. The second-order valence-corrected chi connectivity index (χ2v) is 6.68. The molecule has 2 aromatic carbocycles. The Bertz CT molecular complexity index is 720. The maximum atomic E-state index is 12.5. The summed E-state index contributed by atoms with van der Waals surface area (Å²) in [6.45, 7) is 2.07. The summed E-state index contributed by atoms with van der Waals surface area (Å²) in [5.74, 6) is 1.15. The first-order valence-electron chi connectivity index (χ1n) is 8.84. The minimum atomic E-state index is -0.196. The van der Waals surface area contributed by atoms with Gasteiger partial charge in [0, 0.05) is 11.6 Å². The molecule has 1 atom stereocenters. The second kappa shape index (κ2) is 7.70. The van der Waals surface area contributed by atoms with Gasteiger partial charge in [0.2, 0.25) is 0 Å². The number of methoxy groups -OCH3 is 1. The minimum Gasteiger partial charge on any atom is -0.497 e. The van der Waals surface area contributed by atoms with Crippen LogP contribution in [0.25, 0.3) is 11.1 Å². The number of rotatable bonds is 6. The summed E-state index contributed by atoms with van der Waals surface area (Å²) in [7, 11) is 1.65. The summed E-state index contributed by atoms with van der Waals surface area (Å²) in [5.41, 5.74) is 2.76. The van der Waals surface area contributed by atoms with Gasteiger partial charge in [0.1, 0.15) is 5.75 Å². The predicted octanol–water partition coefficient (Wildman–Crippen LogP) is 3.64. The van der Waals surface area contributed by atoms with Crippen LogP contribution in [0.5, 0.6) is 5.75 Å². The second-order valence-electron chi connectivity index (χ2n) is 6.68. The Kier molecular flexibility index (Phi) is 5.39. The Labute approximate surface area is 148 Å². The SMILES string of the molecule is CCC(NC(=O)c1ccc(-c2cccc(OC)c2)cc1)C1CC(O)C1. The third-order valence-corrected chi connectivity index (χ3v) is 5.03. The van der Waals surface area contributed by atoms with Crippen molar-refractivity contribution in [2.24, 2.45) is 5.92 Å². The fourth-order valence-corrected chi connectivity index (χ4v) is 3.38. The van der Waals surface area contributed by atoms with E-state index in [2.05, 4.69) is 12.2 Å². The van der Waals surface area contributed by atoms with Crippen LogP contribution < -0.4 is 10.1 Å². The summed E-state index contributed by atoms with van der Waals surface area (Å²) >= 11 is 0. The molecular weight excluding hydrogens is 314 g/mol. The largest absolute Gasteiger partial charge is 0.497 e. The number of amides is 1. The fourth-order valence-electron chi connectivity index (χ4n) is 3.38. The number of nitrogens with one attached hydrogen (secondary N) is 1. The van der Waals surface area contributed by atoms with Gasteiger partial charge in [0.15, 0.2) is 0 Å². The lowest BCUT2D eigenvalue weighted by atomic mass is 9.76. The summed E-state index contributed by atoms with van der Waals surface area (Å²) in [6.07, 6.45) is 2.25. The number of carbonyl (C=O) groups is 1. The first kappa shape index (κ1) is 17.5. The highest BCUT2D eigenvalue weighted by molar-refractivity contribution is 5.94. The van der Waals surface area contributed by atoms with E-state index in [0.29, 0.717) is 11.5 Å². The van der Waals surface area contributed by atoms with Gasteiger partial charge in [-0.25, -0.2) is 0 Å². The zero-order valence-electron chi connectivity index (χ0n) is 14.7. The first-order chi connectivity index (χ1) is 12.1. The van der Waals surface area contributed by atoms with E-state index in [4.69, 9.17) is 4.74 Å². The Hall–Kier alpha value is -2.33. The van der Waals surface area contributed by atoms with Crippen LogP contribution in [0.4, 0.5) is 0 Å². The van der Waals surface area contributed by atoms with Crippen LogP contribution in [-0.4, -0.2) is 30.3 Å². The van der Waals surface area contributed by atoms with Gasteiger partial charge in [-0.15, -0.1) is 0 Å². The van der Waals surface area contributed by atoms with Crippen LogP contribution >= 0.6 is 0 Å². The highest BCUT2D eigenvalue weighted by Crippen LogP contribution is 2.31. The van der Waals surface area contributed by atoms with Gasteiger partial charge in [-0.1, -0.05) is 31.2 Å². The molecule has 3 rings (SSSR count). The highest BCUT2D eigenvalue weighted by Gasteiger charge is 2.33. The molecule has 0 bridgehead atoms. The van der Waals surface area contributed by atoms with Crippen molar-refractivity contribution in [3.05, 3.63) is 54.1 Å². The van der Waals surface area contributed by atoms with Gasteiger partial charge in [0.25, 0.3) is 5.91 Å². The number of aliphatic hydroxyl groups is 1. The van der Waals surface area contributed by atoms with Crippen molar-refractivity contribution >= 4 is 5.91 Å². The first-order valence-corrected chi connectivity index (χ1v) is 8.84. The molecule has 0 aliphatic heterocycles. The molecule has 1 aliphatic rings. The van der Waals surface area contributed by atoms with Crippen molar-refractivity contribution in [1.29, 1.82) is 0 Å². The number of ether oxygens (including phenoxy) is 1. The van der Waals surface area contributed by atoms with Gasteiger partial charge < -0.3 is 15.2 Å². The van der Waals surface area contributed by atoms with Gasteiger partial charge >= 0.3 is 0 Å². The number of carbonyl (C=O) groups excluding carboxylic acids is 1. The number of benzene rings is 2. The van der Waals surface area contributed by atoms with E-state index in [-0.39, 0.29) is 18.1 Å². The van der Waals surface area contributed by atoms with Crippen LogP contribution in [0.1, 0.15) is 36.5 Å². The molecule has 1 saturated carbocycles. The van der Waals surface area contributed by atoms with Crippen LogP contribution in [0, 0.1) is 5.92 Å². The van der Waals surface area contributed by atoms with Gasteiger partial charge in [-0.05, 0) is 60.6 Å². The monoisotopic (exact) mass is 339 g/mol. The van der Waals surface area contributed by atoms with Crippen molar-refractivity contribution in [2.45, 2.75) is 38.3 Å². The Morgan fingerprint density at radius 3 is 2.52 bits per heavy atom. The summed E-state index contributed by atoms with van der Waals surface area (Å²) in [4.78, 5) is 12.5. The standard InChI is InChI=1S/C21H25NO3/c1-3-20(17-11-18(23)12-17)22-21(24)15-9-7-14(8-10-15)16-5-4-6-19(13-16)25-2/h4-10,13,17-18,20,23H,3,11-12H2,1-2H3,(H,22,24). The Balaban J connectivity index is 1.67. The molecule has 25 heavy (non-hydrogen) atoms. The molecule has 0 saturated heterocycles. The summed E-state index contributed by atoms with van der Waals surface area (Å²) in [6, 6.07) is 15.6. The summed E-state index contributed by atoms with van der Waals surface area (Å²) in [5, 5.41) is 12.6. The molecule has 0 radical (unpaired) electrons. The number of hydrogen-bond acceptors (Lipinski definition) is 3. The molecule has 1 fully saturated rings. The van der Waals surface area contributed by atoms with Crippen LogP contribution in [0.3, 0.4) is 0 Å². The summed E-state index contributed by atoms with van der Waals surface area (Å²) < 4.78 is 5.26. The zero-order valence-corrected chi connectivity index (χ0v) is 14.7. The Morgan fingerprint density at radius 2 is 1.92 bits per heavy atom. The predicted molar refractivity (Wildman–Crippen MR) is 98.7 cm³/mol. The molecule has 1 aliphatic carbocycles.